The van der Waals surface area contributed by atoms with Crippen LogP contribution < -0.4 is 34.3 Å². The summed E-state index contributed by atoms with van der Waals surface area (Å²) in [7, 11) is 0. The van der Waals surface area contributed by atoms with Gasteiger partial charge < -0.3 is 20.4 Å². The molecular formula is C18H29NaO4. The van der Waals surface area contributed by atoms with Crippen LogP contribution in [-0.4, -0.2) is 28.6 Å². The molecule has 0 bridgehead atoms. The fraction of sp³-hybridized carbons (Fsp3) is 0.444. The van der Waals surface area contributed by atoms with Crippen LogP contribution in [0.25, 0.3) is 0 Å². The van der Waals surface area contributed by atoms with E-state index < -0.39 is 6.29 Å². The minimum Gasteiger partial charge on any atom is -0.870 e. The minimum absolute atomic E-state index is 0. The van der Waals surface area contributed by atoms with Crippen molar-refractivity contribution in [2.75, 3.05) is 6.61 Å². The molecule has 0 aliphatic heterocycles. The smallest absolute Gasteiger partial charge is 0.870 e. The Labute approximate surface area is 162 Å². The summed E-state index contributed by atoms with van der Waals surface area (Å²) in [5.41, 5.74) is 2.63. The first-order valence-electron chi connectivity index (χ1n) is 7.25. The molecule has 23 heavy (non-hydrogen) atoms. The Hall–Kier alpha value is -0.620. The molecule has 3 N–H and O–H groups in total. The number of hydrogen-bond donors (Lipinski definition) is 2. The fourth-order valence-corrected chi connectivity index (χ4v) is 1.54. The molecule has 5 heteroatoms. The third-order valence-electron chi connectivity index (χ3n) is 2.58. The van der Waals surface area contributed by atoms with E-state index >= 15 is 0 Å². The summed E-state index contributed by atoms with van der Waals surface area (Å²) in [4.78, 5) is 0. The van der Waals surface area contributed by atoms with Gasteiger partial charge in [0.15, 0.2) is 6.29 Å². The Balaban J connectivity index is -0.000000321. The van der Waals surface area contributed by atoms with Gasteiger partial charge in [0.2, 0.25) is 0 Å². The van der Waals surface area contributed by atoms with E-state index in [1.807, 2.05) is 24.3 Å². The van der Waals surface area contributed by atoms with Crippen molar-refractivity contribution in [1.82, 2.24) is 0 Å². The Morgan fingerprint density at radius 3 is 2.13 bits per heavy atom. The van der Waals surface area contributed by atoms with Gasteiger partial charge in [0.25, 0.3) is 0 Å². The predicted molar refractivity (Wildman–Crippen MR) is 90.2 cm³/mol. The van der Waals surface area contributed by atoms with Crippen molar-refractivity contribution in [2.45, 2.75) is 46.8 Å². The van der Waals surface area contributed by atoms with Crippen LogP contribution in [0.4, 0.5) is 0 Å². The molecule has 0 radical (unpaired) electrons. The molecule has 1 rings (SSSR count). The molecule has 0 spiro atoms. The Morgan fingerprint density at radius 2 is 1.70 bits per heavy atom. The van der Waals surface area contributed by atoms with Crippen molar-refractivity contribution >= 4 is 0 Å². The summed E-state index contributed by atoms with van der Waals surface area (Å²) in [6.45, 7) is 8.00. The largest absolute Gasteiger partial charge is 1.00 e. The van der Waals surface area contributed by atoms with Crippen LogP contribution in [0.5, 0.6) is 5.75 Å². The van der Waals surface area contributed by atoms with Crippen LogP contribution in [0.2, 0.25) is 0 Å². The van der Waals surface area contributed by atoms with E-state index in [1.54, 1.807) is 19.1 Å². The molecule has 0 aliphatic rings. The Bertz CT molecular complexity index is 424. The predicted octanol–water partition coefficient (Wildman–Crippen LogP) is 0.902. The van der Waals surface area contributed by atoms with Crippen LogP contribution >= 0.6 is 0 Å². The number of benzene rings is 1. The van der Waals surface area contributed by atoms with Crippen LogP contribution in [0, 0.1) is 0 Å². The molecular weight excluding hydrogens is 303 g/mol. The number of hydrogen-bond acceptors (Lipinski definition) is 4. The van der Waals surface area contributed by atoms with Crippen LogP contribution in [0.3, 0.4) is 0 Å². The first-order chi connectivity index (χ1) is 9.95. The summed E-state index contributed by atoms with van der Waals surface area (Å²) < 4.78 is 4.97. The van der Waals surface area contributed by atoms with Crippen LogP contribution in [0.1, 0.15) is 40.5 Å². The molecule has 1 aromatic carbocycles. The number of aliphatic hydroxyl groups excluding tert-OH is 2. The molecule has 126 valence electrons. The zero-order valence-corrected chi connectivity index (χ0v) is 17.0. The second kappa shape index (κ2) is 17.7. The van der Waals surface area contributed by atoms with E-state index in [0.29, 0.717) is 5.75 Å². The van der Waals surface area contributed by atoms with E-state index in [0.717, 1.165) is 12.8 Å². The Kier molecular flexibility index (Phi) is 21.0. The van der Waals surface area contributed by atoms with E-state index in [-0.39, 0.29) is 41.6 Å². The summed E-state index contributed by atoms with van der Waals surface area (Å²) >= 11 is 0. The van der Waals surface area contributed by atoms with Gasteiger partial charge in [0.05, 0.1) is 6.61 Å². The van der Waals surface area contributed by atoms with E-state index in [2.05, 4.69) is 26.8 Å². The molecule has 0 aliphatic carbocycles. The minimum atomic E-state index is -0.734. The van der Waals surface area contributed by atoms with E-state index in [1.165, 1.54) is 11.1 Å². The van der Waals surface area contributed by atoms with Gasteiger partial charge in [-0.05, 0) is 52.7 Å². The van der Waals surface area contributed by atoms with Crippen molar-refractivity contribution in [3.05, 3.63) is 53.6 Å². The van der Waals surface area contributed by atoms with Gasteiger partial charge in [0.1, 0.15) is 5.75 Å². The average molecular weight is 332 g/mol. The summed E-state index contributed by atoms with van der Waals surface area (Å²) in [6, 6.07) is 9.21. The van der Waals surface area contributed by atoms with E-state index in [4.69, 9.17) is 14.9 Å². The van der Waals surface area contributed by atoms with Gasteiger partial charge >= 0.3 is 29.6 Å². The van der Waals surface area contributed by atoms with Crippen molar-refractivity contribution in [3.8, 4) is 5.75 Å². The van der Waals surface area contributed by atoms with Gasteiger partial charge in [-0.3, -0.25) is 0 Å². The van der Waals surface area contributed by atoms with Crippen LogP contribution in [0.15, 0.2) is 53.6 Å². The molecule has 0 aromatic heterocycles. The number of allylic oxidation sites excluding steroid dienone is 3. The molecule has 1 aromatic rings. The molecule has 0 fully saturated rings. The zero-order valence-electron chi connectivity index (χ0n) is 15.0. The van der Waals surface area contributed by atoms with E-state index in [9.17, 15) is 0 Å². The van der Waals surface area contributed by atoms with Gasteiger partial charge in [-0.25, -0.2) is 0 Å². The topological polar surface area (TPSA) is 79.7 Å². The van der Waals surface area contributed by atoms with Crippen molar-refractivity contribution in [1.29, 1.82) is 0 Å². The fourth-order valence-electron chi connectivity index (χ4n) is 1.54. The molecule has 1 unspecified atom stereocenters. The molecule has 0 heterocycles. The third-order valence-corrected chi connectivity index (χ3v) is 2.58. The summed E-state index contributed by atoms with van der Waals surface area (Å²) in [5, 5.41) is 17.3. The molecule has 0 amide bonds. The van der Waals surface area contributed by atoms with Crippen LogP contribution in [-0.2, 0) is 0 Å². The van der Waals surface area contributed by atoms with Crippen molar-refractivity contribution in [2.24, 2.45) is 0 Å². The normalized spacial score (nSPS) is 11.0. The van der Waals surface area contributed by atoms with Crippen molar-refractivity contribution < 1.29 is 50.0 Å². The number of rotatable bonds is 6. The number of para-hydroxylation sites is 1. The molecule has 4 nitrogen and oxygen atoms in total. The first kappa shape index (κ1) is 27.2. The second-order valence-corrected chi connectivity index (χ2v) is 5.08. The zero-order chi connectivity index (χ0) is 16.1. The number of aliphatic hydroxyl groups is 2. The van der Waals surface area contributed by atoms with Gasteiger partial charge in [-0.1, -0.05) is 41.5 Å². The third kappa shape index (κ3) is 19.3. The quantitative estimate of drug-likeness (QED) is 0.461. The standard InChI is InChI=1S/C10H18O.C8H10O2.Na.H2O/c1-9(2)5-4-6-10(3)7-8-11;1-7(9)10-8-5-3-2-4-6-8;;/h5,7,11H,4,6,8H2,1-3H3;2-7,9H,1H3;;1H2/q;;+1;/p-1/b10-7+;;;. The summed E-state index contributed by atoms with van der Waals surface area (Å²) in [5.74, 6) is 0.692. The SMILES string of the molecule is CC(C)=CCC/C(C)=C/CO.CC(O)Oc1ccccc1.[Na+].[OH-]. The maximum absolute atomic E-state index is 8.78. The monoisotopic (exact) mass is 332 g/mol. The number of ether oxygens (including phenoxy) is 1. The molecule has 0 saturated heterocycles. The first-order valence-corrected chi connectivity index (χ1v) is 7.25. The Morgan fingerprint density at radius 1 is 1.13 bits per heavy atom. The average Bonchev–Trinajstić information content (AvgIpc) is 2.39. The summed E-state index contributed by atoms with van der Waals surface area (Å²) in [6.07, 6.45) is 5.49. The maximum atomic E-state index is 8.78. The van der Waals surface area contributed by atoms with Gasteiger partial charge in [-0.15, -0.1) is 0 Å². The molecule has 0 saturated carbocycles. The van der Waals surface area contributed by atoms with Gasteiger partial charge in [0, 0.05) is 0 Å². The van der Waals surface area contributed by atoms with Crippen molar-refractivity contribution in [3.63, 3.8) is 0 Å². The van der Waals surface area contributed by atoms with Gasteiger partial charge in [-0.2, -0.15) is 0 Å². The maximum Gasteiger partial charge on any atom is 1.00 e. The second-order valence-electron chi connectivity index (χ2n) is 5.08. The molecule has 1 atom stereocenters.